The van der Waals surface area contributed by atoms with E-state index in [-0.39, 0.29) is 6.10 Å². The molecule has 0 aromatic heterocycles. The number of esters is 1. The average Bonchev–Trinajstić information content (AvgIpc) is 2.25. The molecule has 0 aliphatic heterocycles. The normalized spacial score (nSPS) is 10.5. The predicted molar refractivity (Wildman–Crippen MR) is 62.1 cm³/mol. The van der Waals surface area contributed by atoms with Gasteiger partial charge in [0, 0.05) is 5.69 Å². The Labute approximate surface area is 95.3 Å². The van der Waals surface area contributed by atoms with Crippen molar-refractivity contribution in [2.24, 2.45) is 0 Å². The summed E-state index contributed by atoms with van der Waals surface area (Å²) in [5.74, 6) is -0.430. The van der Waals surface area contributed by atoms with Gasteiger partial charge in [0.05, 0.1) is 25.4 Å². The van der Waals surface area contributed by atoms with E-state index in [1.807, 2.05) is 19.9 Å². The molecule has 4 nitrogen and oxygen atoms in total. The number of nitrogens with two attached hydrogens (primary N) is 1. The van der Waals surface area contributed by atoms with Gasteiger partial charge in [0.15, 0.2) is 0 Å². The molecule has 0 atom stereocenters. The van der Waals surface area contributed by atoms with Gasteiger partial charge in [-0.2, -0.15) is 0 Å². The monoisotopic (exact) mass is 223 g/mol. The van der Waals surface area contributed by atoms with Crippen LogP contribution in [-0.2, 0) is 16.1 Å². The van der Waals surface area contributed by atoms with Crippen molar-refractivity contribution in [2.45, 2.75) is 26.6 Å². The zero-order valence-electron chi connectivity index (χ0n) is 9.82. The van der Waals surface area contributed by atoms with Crippen molar-refractivity contribution in [2.75, 3.05) is 12.8 Å². The van der Waals surface area contributed by atoms with E-state index in [1.54, 1.807) is 12.1 Å². The molecule has 0 heterocycles. The van der Waals surface area contributed by atoms with Gasteiger partial charge in [-0.05, 0) is 25.5 Å². The van der Waals surface area contributed by atoms with Crippen LogP contribution in [0.3, 0.4) is 0 Å². The third kappa shape index (κ3) is 2.97. The number of nitrogen functional groups attached to an aromatic ring is 1. The molecule has 0 aliphatic rings. The van der Waals surface area contributed by atoms with Crippen LogP contribution in [0.5, 0.6) is 0 Å². The van der Waals surface area contributed by atoms with E-state index in [2.05, 4.69) is 0 Å². The molecular formula is C12H17NO3. The standard InChI is InChI=1S/C12H17NO3/c1-8(2)16-7-9-5-4-6-10(13)11(9)12(14)15-3/h4-6,8H,7,13H2,1-3H3. The first kappa shape index (κ1) is 12.5. The highest BCUT2D eigenvalue weighted by atomic mass is 16.5. The van der Waals surface area contributed by atoms with E-state index in [1.165, 1.54) is 7.11 Å². The number of carbonyl (C=O) groups excluding carboxylic acids is 1. The first-order valence-corrected chi connectivity index (χ1v) is 5.13. The molecule has 2 N–H and O–H groups in total. The molecule has 0 spiro atoms. The molecule has 0 saturated carbocycles. The lowest BCUT2D eigenvalue weighted by Crippen LogP contribution is -2.12. The molecule has 1 aromatic carbocycles. The molecule has 4 heteroatoms. The maximum atomic E-state index is 11.5. The number of benzene rings is 1. The fourth-order valence-electron chi connectivity index (χ4n) is 1.35. The Hall–Kier alpha value is -1.55. The Morgan fingerprint density at radius 1 is 1.44 bits per heavy atom. The van der Waals surface area contributed by atoms with E-state index in [0.29, 0.717) is 17.9 Å². The van der Waals surface area contributed by atoms with Crippen molar-refractivity contribution in [3.05, 3.63) is 29.3 Å². The summed E-state index contributed by atoms with van der Waals surface area (Å²) in [6, 6.07) is 5.27. The maximum absolute atomic E-state index is 11.5. The zero-order valence-corrected chi connectivity index (χ0v) is 9.82. The lowest BCUT2D eigenvalue weighted by Gasteiger charge is -2.12. The number of carbonyl (C=O) groups is 1. The third-order valence-electron chi connectivity index (χ3n) is 2.14. The van der Waals surface area contributed by atoms with Crippen LogP contribution < -0.4 is 5.73 Å². The van der Waals surface area contributed by atoms with Gasteiger partial charge in [0.1, 0.15) is 0 Å². The second kappa shape index (κ2) is 5.51. The van der Waals surface area contributed by atoms with Gasteiger partial charge < -0.3 is 15.2 Å². The van der Waals surface area contributed by atoms with Crippen molar-refractivity contribution in [1.29, 1.82) is 0 Å². The molecule has 16 heavy (non-hydrogen) atoms. The molecule has 0 amide bonds. The molecule has 0 bridgehead atoms. The minimum Gasteiger partial charge on any atom is -0.465 e. The summed E-state index contributed by atoms with van der Waals surface area (Å²) < 4.78 is 10.1. The van der Waals surface area contributed by atoms with Gasteiger partial charge >= 0.3 is 5.97 Å². The summed E-state index contributed by atoms with van der Waals surface area (Å²) >= 11 is 0. The van der Waals surface area contributed by atoms with Crippen LogP contribution in [0, 0.1) is 0 Å². The highest BCUT2D eigenvalue weighted by molar-refractivity contribution is 5.96. The largest absolute Gasteiger partial charge is 0.465 e. The van der Waals surface area contributed by atoms with Crippen LogP contribution in [0.25, 0.3) is 0 Å². The van der Waals surface area contributed by atoms with Crippen molar-refractivity contribution >= 4 is 11.7 Å². The summed E-state index contributed by atoms with van der Waals surface area (Å²) in [6.07, 6.45) is 0.104. The average molecular weight is 223 g/mol. The molecule has 0 radical (unpaired) electrons. The molecule has 1 rings (SSSR count). The highest BCUT2D eigenvalue weighted by Gasteiger charge is 2.15. The smallest absolute Gasteiger partial charge is 0.340 e. The number of hydrogen-bond acceptors (Lipinski definition) is 4. The topological polar surface area (TPSA) is 61.5 Å². The van der Waals surface area contributed by atoms with Crippen molar-refractivity contribution in [1.82, 2.24) is 0 Å². The molecule has 0 unspecified atom stereocenters. The molecule has 0 aliphatic carbocycles. The van der Waals surface area contributed by atoms with E-state index >= 15 is 0 Å². The zero-order chi connectivity index (χ0) is 12.1. The van der Waals surface area contributed by atoms with Crippen molar-refractivity contribution in [3.8, 4) is 0 Å². The highest BCUT2D eigenvalue weighted by Crippen LogP contribution is 2.19. The Balaban J connectivity index is 2.98. The minimum atomic E-state index is -0.430. The minimum absolute atomic E-state index is 0.104. The first-order valence-electron chi connectivity index (χ1n) is 5.13. The van der Waals surface area contributed by atoms with Gasteiger partial charge in [0.25, 0.3) is 0 Å². The fraction of sp³-hybridized carbons (Fsp3) is 0.417. The van der Waals surface area contributed by atoms with Crippen LogP contribution in [0.2, 0.25) is 0 Å². The Morgan fingerprint density at radius 2 is 2.12 bits per heavy atom. The fourth-order valence-corrected chi connectivity index (χ4v) is 1.35. The number of ether oxygens (including phenoxy) is 2. The van der Waals surface area contributed by atoms with Crippen LogP contribution in [0.1, 0.15) is 29.8 Å². The second-order valence-electron chi connectivity index (χ2n) is 3.73. The van der Waals surface area contributed by atoms with Gasteiger partial charge in [-0.25, -0.2) is 4.79 Å². The van der Waals surface area contributed by atoms with Crippen LogP contribution in [-0.4, -0.2) is 19.2 Å². The van der Waals surface area contributed by atoms with Crippen molar-refractivity contribution in [3.63, 3.8) is 0 Å². The number of methoxy groups -OCH3 is 1. The van der Waals surface area contributed by atoms with Gasteiger partial charge in [-0.1, -0.05) is 12.1 Å². The number of anilines is 1. The Bertz CT molecular complexity index is 375. The summed E-state index contributed by atoms with van der Waals surface area (Å²) in [6.45, 7) is 4.22. The van der Waals surface area contributed by atoms with Crippen LogP contribution >= 0.6 is 0 Å². The quantitative estimate of drug-likeness (QED) is 0.626. The number of hydrogen-bond donors (Lipinski definition) is 1. The molecule has 0 fully saturated rings. The van der Waals surface area contributed by atoms with Gasteiger partial charge in [-0.3, -0.25) is 0 Å². The van der Waals surface area contributed by atoms with Crippen molar-refractivity contribution < 1.29 is 14.3 Å². The SMILES string of the molecule is COC(=O)c1c(N)cccc1COC(C)C. The summed E-state index contributed by atoms with van der Waals surface area (Å²) in [4.78, 5) is 11.5. The Kier molecular flexibility index (Phi) is 4.31. The van der Waals surface area contributed by atoms with E-state index in [9.17, 15) is 4.79 Å². The maximum Gasteiger partial charge on any atom is 0.340 e. The lowest BCUT2D eigenvalue weighted by molar-refractivity contribution is 0.0555. The predicted octanol–water partition coefficient (Wildman–Crippen LogP) is 1.98. The molecule has 88 valence electrons. The lowest BCUT2D eigenvalue weighted by atomic mass is 10.1. The van der Waals surface area contributed by atoms with E-state index in [0.717, 1.165) is 5.56 Å². The summed E-state index contributed by atoms with van der Waals surface area (Å²) in [7, 11) is 1.34. The Morgan fingerprint density at radius 3 is 2.69 bits per heavy atom. The third-order valence-corrected chi connectivity index (χ3v) is 2.14. The second-order valence-corrected chi connectivity index (χ2v) is 3.73. The van der Waals surface area contributed by atoms with Crippen LogP contribution in [0.15, 0.2) is 18.2 Å². The number of rotatable bonds is 4. The summed E-state index contributed by atoms with van der Waals surface area (Å²) in [5.41, 5.74) is 7.31. The van der Waals surface area contributed by atoms with Gasteiger partial charge in [0.2, 0.25) is 0 Å². The molecule has 0 saturated heterocycles. The van der Waals surface area contributed by atoms with E-state index in [4.69, 9.17) is 15.2 Å². The van der Waals surface area contributed by atoms with Crippen LogP contribution in [0.4, 0.5) is 5.69 Å². The van der Waals surface area contributed by atoms with Gasteiger partial charge in [-0.15, -0.1) is 0 Å². The molecular weight excluding hydrogens is 206 g/mol. The first-order chi connectivity index (χ1) is 7.56. The van der Waals surface area contributed by atoms with E-state index < -0.39 is 5.97 Å². The summed E-state index contributed by atoms with van der Waals surface area (Å²) in [5, 5.41) is 0. The molecule has 1 aromatic rings.